The number of amides is 2. The molecule has 0 spiro atoms. The molecule has 0 saturated carbocycles. The number of benzene rings is 1. The van der Waals surface area contributed by atoms with Gasteiger partial charge in [0.25, 0.3) is 0 Å². The average molecular weight is 326 g/mol. The van der Waals surface area contributed by atoms with Gasteiger partial charge in [0.15, 0.2) is 0 Å². The van der Waals surface area contributed by atoms with Crippen molar-refractivity contribution in [3.63, 3.8) is 0 Å². The van der Waals surface area contributed by atoms with Gasteiger partial charge in [0.05, 0.1) is 4.90 Å². The molecule has 22 heavy (non-hydrogen) atoms. The first kappa shape index (κ1) is 16.7. The molecule has 1 aliphatic heterocycles. The lowest BCUT2D eigenvalue weighted by atomic mass is 10.1. The number of nitrogens with one attached hydrogen (secondary N) is 2. The molecule has 1 atom stereocenters. The quantitative estimate of drug-likeness (QED) is 0.749. The molecule has 2 rings (SSSR count). The maximum Gasteiger partial charge on any atom is 0.319 e. The van der Waals surface area contributed by atoms with Crippen molar-refractivity contribution in [3.8, 4) is 0 Å². The summed E-state index contributed by atoms with van der Waals surface area (Å²) >= 11 is 0. The van der Waals surface area contributed by atoms with Gasteiger partial charge in [-0.25, -0.2) is 18.4 Å². The fourth-order valence-corrected chi connectivity index (χ4v) is 3.18. The highest BCUT2D eigenvalue weighted by Crippen LogP contribution is 2.17. The number of carbonyl (C=O) groups is 1. The van der Waals surface area contributed by atoms with E-state index in [4.69, 9.17) is 5.14 Å². The molecule has 8 heteroatoms. The summed E-state index contributed by atoms with van der Waals surface area (Å²) in [6.07, 6.45) is 3.27. The van der Waals surface area contributed by atoms with Crippen molar-refractivity contribution < 1.29 is 13.2 Å². The van der Waals surface area contributed by atoms with Crippen molar-refractivity contribution >= 4 is 21.7 Å². The molecule has 1 aliphatic rings. The number of hydrogen-bond donors (Lipinski definition) is 3. The number of anilines is 1. The van der Waals surface area contributed by atoms with Crippen LogP contribution in [-0.4, -0.2) is 45.5 Å². The molecule has 0 unspecified atom stereocenters. The minimum Gasteiger partial charge on any atom is -0.338 e. The van der Waals surface area contributed by atoms with E-state index in [0.717, 1.165) is 19.4 Å². The van der Waals surface area contributed by atoms with Crippen LogP contribution in [0.3, 0.4) is 0 Å². The summed E-state index contributed by atoms with van der Waals surface area (Å²) in [5.74, 6) is 0. The van der Waals surface area contributed by atoms with E-state index < -0.39 is 10.0 Å². The summed E-state index contributed by atoms with van der Waals surface area (Å²) in [6.45, 7) is 1.69. The van der Waals surface area contributed by atoms with Crippen molar-refractivity contribution in [2.75, 3.05) is 25.5 Å². The number of hydrogen-bond acceptors (Lipinski definition) is 4. The maximum atomic E-state index is 11.8. The number of primary sulfonamides is 1. The molecular weight excluding hydrogens is 304 g/mol. The Balaban J connectivity index is 1.82. The van der Waals surface area contributed by atoms with Crippen LogP contribution >= 0.6 is 0 Å². The monoisotopic (exact) mass is 326 g/mol. The molecule has 1 aromatic carbocycles. The van der Waals surface area contributed by atoms with E-state index in [1.54, 1.807) is 6.07 Å². The Hall–Kier alpha value is -1.64. The highest BCUT2D eigenvalue weighted by Gasteiger charge is 2.20. The van der Waals surface area contributed by atoms with Gasteiger partial charge in [0.1, 0.15) is 0 Å². The van der Waals surface area contributed by atoms with Crippen molar-refractivity contribution in [1.82, 2.24) is 10.2 Å². The molecule has 0 bridgehead atoms. The molecule has 1 saturated heterocycles. The second-order valence-corrected chi connectivity index (χ2v) is 7.08. The Morgan fingerprint density at radius 1 is 1.45 bits per heavy atom. The van der Waals surface area contributed by atoms with Gasteiger partial charge in [-0.15, -0.1) is 0 Å². The summed E-state index contributed by atoms with van der Waals surface area (Å²) in [7, 11) is -1.68. The third-order valence-electron chi connectivity index (χ3n) is 3.86. The third kappa shape index (κ3) is 4.69. The van der Waals surface area contributed by atoms with Crippen LogP contribution in [0.15, 0.2) is 29.2 Å². The summed E-state index contributed by atoms with van der Waals surface area (Å²) in [5, 5.41) is 10.4. The minimum atomic E-state index is -3.77. The Bertz CT molecular complexity index is 633. The Kier molecular flexibility index (Phi) is 5.38. The molecule has 2 amide bonds. The third-order valence-corrected chi connectivity index (χ3v) is 4.77. The van der Waals surface area contributed by atoms with Crippen LogP contribution in [0, 0.1) is 0 Å². The molecule has 1 heterocycles. The average Bonchev–Trinajstić information content (AvgIpc) is 2.84. The van der Waals surface area contributed by atoms with Gasteiger partial charge < -0.3 is 15.5 Å². The predicted molar refractivity (Wildman–Crippen MR) is 85.1 cm³/mol. The van der Waals surface area contributed by atoms with Gasteiger partial charge in [-0.1, -0.05) is 6.07 Å². The summed E-state index contributed by atoms with van der Waals surface area (Å²) < 4.78 is 22.5. The van der Waals surface area contributed by atoms with Crippen LogP contribution in [0.25, 0.3) is 0 Å². The molecule has 0 radical (unpaired) electrons. The van der Waals surface area contributed by atoms with Gasteiger partial charge in [0, 0.05) is 18.3 Å². The van der Waals surface area contributed by atoms with Gasteiger partial charge in [-0.05, 0) is 51.1 Å². The van der Waals surface area contributed by atoms with E-state index in [-0.39, 0.29) is 10.9 Å². The minimum absolute atomic E-state index is 0.0297. The largest absolute Gasteiger partial charge is 0.338 e. The first-order valence-corrected chi connectivity index (χ1v) is 8.79. The number of sulfonamides is 1. The van der Waals surface area contributed by atoms with E-state index >= 15 is 0 Å². The summed E-state index contributed by atoms with van der Waals surface area (Å²) in [4.78, 5) is 14.1. The molecule has 1 fully saturated rings. The van der Waals surface area contributed by atoms with Crippen molar-refractivity contribution in [2.24, 2.45) is 5.14 Å². The Labute approximate surface area is 130 Å². The van der Waals surface area contributed by atoms with Crippen LogP contribution in [0.1, 0.15) is 19.3 Å². The molecule has 1 aromatic rings. The van der Waals surface area contributed by atoms with Crippen molar-refractivity contribution in [3.05, 3.63) is 24.3 Å². The maximum absolute atomic E-state index is 11.8. The zero-order valence-electron chi connectivity index (χ0n) is 12.6. The number of rotatable bonds is 5. The topological polar surface area (TPSA) is 105 Å². The smallest absolute Gasteiger partial charge is 0.319 e. The summed E-state index contributed by atoms with van der Waals surface area (Å²) in [6, 6.07) is 6.02. The number of nitrogens with two attached hydrogens (primary N) is 1. The Morgan fingerprint density at radius 2 is 2.23 bits per heavy atom. The molecular formula is C14H22N4O3S. The number of likely N-dealkylation sites (tertiary alicyclic amines) is 1. The van der Waals surface area contributed by atoms with E-state index in [0.29, 0.717) is 18.3 Å². The van der Waals surface area contributed by atoms with Crippen LogP contribution in [0.2, 0.25) is 0 Å². The lowest BCUT2D eigenvalue weighted by Gasteiger charge is -2.19. The van der Waals surface area contributed by atoms with Gasteiger partial charge >= 0.3 is 6.03 Å². The second-order valence-electron chi connectivity index (χ2n) is 5.52. The molecule has 0 aromatic heterocycles. The SMILES string of the molecule is CN1CCC[C@@H]1CCNC(=O)Nc1cccc(S(N)(=O)=O)c1. The highest BCUT2D eigenvalue weighted by atomic mass is 32.2. The standard InChI is InChI=1S/C14H22N4O3S/c1-18-9-3-5-12(18)7-8-16-14(19)17-11-4-2-6-13(10-11)22(15,20)21/h2,4,6,10,12H,3,5,7-9H2,1H3,(H2,15,20,21)(H2,16,17,19)/t12-/m1/s1. The zero-order chi connectivity index (χ0) is 16.2. The number of nitrogens with zero attached hydrogens (tertiary/aromatic N) is 1. The first-order chi connectivity index (χ1) is 10.4. The van der Waals surface area contributed by atoms with Crippen molar-refractivity contribution in [1.29, 1.82) is 0 Å². The highest BCUT2D eigenvalue weighted by molar-refractivity contribution is 7.89. The second kappa shape index (κ2) is 7.08. The van der Waals surface area contributed by atoms with Crippen LogP contribution in [0.5, 0.6) is 0 Å². The van der Waals surface area contributed by atoms with E-state index in [2.05, 4.69) is 22.6 Å². The van der Waals surface area contributed by atoms with Crippen LogP contribution in [-0.2, 0) is 10.0 Å². The molecule has 4 N–H and O–H groups in total. The molecule has 122 valence electrons. The Morgan fingerprint density at radius 3 is 2.86 bits per heavy atom. The van der Waals surface area contributed by atoms with Crippen LogP contribution < -0.4 is 15.8 Å². The predicted octanol–water partition coefficient (Wildman–Crippen LogP) is 0.940. The fourth-order valence-electron chi connectivity index (χ4n) is 2.62. The zero-order valence-corrected chi connectivity index (χ0v) is 13.4. The number of urea groups is 1. The number of carbonyl (C=O) groups excluding carboxylic acids is 1. The van der Waals surface area contributed by atoms with Gasteiger partial charge in [0.2, 0.25) is 10.0 Å². The van der Waals surface area contributed by atoms with E-state index in [1.165, 1.54) is 24.6 Å². The summed E-state index contributed by atoms with van der Waals surface area (Å²) in [5.41, 5.74) is 0.391. The van der Waals surface area contributed by atoms with E-state index in [1.807, 2.05) is 0 Å². The van der Waals surface area contributed by atoms with Gasteiger partial charge in [-0.2, -0.15) is 0 Å². The van der Waals surface area contributed by atoms with E-state index in [9.17, 15) is 13.2 Å². The first-order valence-electron chi connectivity index (χ1n) is 7.24. The van der Waals surface area contributed by atoms with Gasteiger partial charge in [-0.3, -0.25) is 0 Å². The van der Waals surface area contributed by atoms with Crippen LogP contribution in [0.4, 0.5) is 10.5 Å². The normalized spacial score (nSPS) is 19.1. The van der Waals surface area contributed by atoms with Crippen molar-refractivity contribution in [2.45, 2.75) is 30.2 Å². The fraction of sp³-hybridized carbons (Fsp3) is 0.500. The lowest BCUT2D eigenvalue weighted by Crippen LogP contribution is -2.34. The lowest BCUT2D eigenvalue weighted by molar-refractivity contribution is 0.248. The molecule has 7 nitrogen and oxygen atoms in total. The molecule has 0 aliphatic carbocycles.